The van der Waals surface area contributed by atoms with Crippen molar-refractivity contribution < 1.29 is 0 Å². The predicted molar refractivity (Wildman–Crippen MR) is 75.6 cm³/mol. The first-order valence-electron chi connectivity index (χ1n) is 5.96. The van der Waals surface area contributed by atoms with Gasteiger partial charge in [0.05, 0.1) is 12.4 Å². The van der Waals surface area contributed by atoms with Crippen molar-refractivity contribution in [3.63, 3.8) is 0 Å². The Bertz CT molecular complexity index is 486. The fraction of sp³-hybridized carbons (Fsp3) is 0.429. The third-order valence-corrected chi connectivity index (χ3v) is 4.16. The van der Waals surface area contributed by atoms with E-state index in [-0.39, 0.29) is 11.3 Å². The maximum absolute atomic E-state index is 8.99. The average Bonchev–Trinajstić information content (AvgIpc) is 2.32. The summed E-state index contributed by atoms with van der Waals surface area (Å²) < 4.78 is 1.07. The van der Waals surface area contributed by atoms with Gasteiger partial charge < -0.3 is 4.90 Å². The lowest BCUT2D eigenvalue weighted by molar-refractivity contribution is 0.154. The van der Waals surface area contributed by atoms with Gasteiger partial charge in [-0.15, -0.1) is 0 Å². The first-order chi connectivity index (χ1) is 8.59. The summed E-state index contributed by atoms with van der Waals surface area (Å²) >= 11 is 3.50. The number of rotatable bonds is 4. The molecule has 0 aromatic heterocycles. The van der Waals surface area contributed by atoms with Gasteiger partial charge in [0.25, 0.3) is 0 Å². The fourth-order valence-electron chi connectivity index (χ4n) is 2.77. The molecule has 1 aliphatic carbocycles. The molecule has 0 unspecified atom stereocenters. The van der Waals surface area contributed by atoms with Gasteiger partial charge in [0.2, 0.25) is 0 Å². The Hall–Kier alpha value is -1.34. The molecule has 18 heavy (non-hydrogen) atoms. The molecule has 3 nitrogen and oxygen atoms in total. The molecule has 1 aromatic carbocycles. The van der Waals surface area contributed by atoms with E-state index in [1.54, 1.807) is 0 Å². The average molecular weight is 306 g/mol. The Morgan fingerprint density at radius 2 is 2.33 bits per heavy atom. The molecule has 1 aliphatic rings. The minimum atomic E-state index is 0.0243. The lowest BCUT2D eigenvalue weighted by Gasteiger charge is -2.47. The molecule has 0 heterocycles. The number of likely N-dealkylation sites (N-methyl/N-ethyl adjacent to an activating group) is 1. The molecule has 1 aromatic rings. The van der Waals surface area contributed by atoms with Gasteiger partial charge >= 0.3 is 0 Å². The lowest BCUT2D eigenvalue weighted by atomic mass is 9.59. The summed E-state index contributed by atoms with van der Waals surface area (Å²) in [5, 5.41) is 16.3. The molecular formula is C14H16BrN3. The zero-order valence-electron chi connectivity index (χ0n) is 10.4. The van der Waals surface area contributed by atoms with Crippen molar-refractivity contribution in [2.45, 2.75) is 18.3 Å². The van der Waals surface area contributed by atoms with Crippen LogP contribution >= 0.6 is 15.9 Å². The number of halogens is 1. The summed E-state index contributed by atoms with van der Waals surface area (Å²) in [7, 11) is 1.91. The van der Waals surface area contributed by atoms with Crippen LogP contribution < -0.4 is 0 Å². The zero-order valence-corrected chi connectivity index (χ0v) is 11.9. The van der Waals surface area contributed by atoms with Gasteiger partial charge in [0, 0.05) is 29.4 Å². The minimum absolute atomic E-state index is 0.0243. The van der Waals surface area contributed by atoms with Crippen molar-refractivity contribution >= 4 is 22.3 Å². The molecule has 0 amide bonds. The van der Waals surface area contributed by atoms with Gasteiger partial charge in [-0.25, -0.2) is 0 Å². The largest absolute Gasteiger partial charge is 0.365 e. The molecule has 4 heteroatoms. The highest BCUT2D eigenvalue weighted by Crippen LogP contribution is 2.48. The second-order valence-corrected chi connectivity index (χ2v) is 5.98. The minimum Gasteiger partial charge on any atom is -0.365 e. The van der Waals surface area contributed by atoms with Crippen molar-refractivity contribution in [3.05, 3.63) is 34.3 Å². The standard InChI is InChI=1S/C14H16BrN3/c1-18(10-17)9-14(6-11(7-14)8-16)12-3-2-4-13(15)5-12/h2-5,10-11,17H,6-7,9H2,1H3/t11-,14+. The monoisotopic (exact) mass is 305 g/mol. The van der Waals surface area contributed by atoms with Crippen molar-refractivity contribution in [3.8, 4) is 6.07 Å². The summed E-state index contributed by atoms with van der Waals surface area (Å²) in [4.78, 5) is 1.88. The molecule has 0 radical (unpaired) electrons. The molecule has 0 bridgehead atoms. The van der Waals surface area contributed by atoms with E-state index in [9.17, 15) is 0 Å². The van der Waals surface area contributed by atoms with Crippen LogP contribution in [0.2, 0.25) is 0 Å². The second kappa shape index (κ2) is 5.11. The number of hydrogen-bond donors (Lipinski definition) is 1. The maximum atomic E-state index is 8.99. The summed E-state index contributed by atoms with van der Waals surface area (Å²) in [5.74, 6) is 0.156. The molecule has 2 rings (SSSR count). The van der Waals surface area contributed by atoms with Gasteiger partial charge in [-0.1, -0.05) is 28.1 Å². The Morgan fingerprint density at radius 1 is 1.61 bits per heavy atom. The lowest BCUT2D eigenvalue weighted by Crippen LogP contribution is -2.48. The number of nitriles is 1. The predicted octanol–water partition coefficient (Wildman–Crippen LogP) is 3.16. The summed E-state index contributed by atoms with van der Waals surface area (Å²) in [6.45, 7) is 0.797. The van der Waals surface area contributed by atoms with Gasteiger partial charge in [-0.05, 0) is 30.5 Å². The highest BCUT2D eigenvalue weighted by molar-refractivity contribution is 9.10. The molecule has 0 atom stereocenters. The van der Waals surface area contributed by atoms with E-state index in [2.05, 4.69) is 34.1 Å². The van der Waals surface area contributed by atoms with E-state index in [1.165, 1.54) is 11.9 Å². The van der Waals surface area contributed by atoms with E-state index < -0.39 is 0 Å². The van der Waals surface area contributed by atoms with E-state index in [1.807, 2.05) is 24.1 Å². The molecule has 1 fully saturated rings. The third-order valence-electron chi connectivity index (χ3n) is 3.67. The first kappa shape index (κ1) is 13.1. The van der Waals surface area contributed by atoms with Gasteiger partial charge in [0.1, 0.15) is 0 Å². The fourth-order valence-corrected chi connectivity index (χ4v) is 3.17. The molecule has 0 spiro atoms. The molecule has 0 saturated heterocycles. The van der Waals surface area contributed by atoms with Crippen LogP contribution in [0.1, 0.15) is 18.4 Å². The van der Waals surface area contributed by atoms with Crippen LogP contribution in [-0.2, 0) is 5.41 Å². The Kier molecular flexibility index (Phi) is 3.72. The van der Waals surface area contributed by atoms with Crippen molar-refractivity contribution in [1.82, 2.24) is 4.90 Å². The highest BCUT2D eigenvalue weighted by Gasteiger charge is 2.46. The van der Waals surface area contributed by atoms with Crippen LogP contribution in [0.3, 0.4) is 0 Å². The smallest absolute Gasteiger partial charge is 0.0814 e. The normalized spacial score (nSPS) is 25.9. The number of benzene rings is 1. The van der Waals surface area contributed by atoms with Crippen molar-refractivity contribution in [1.29, 1.82) is 10.7 Å². The number of nitrogens with zero attached hydrogens (tertiary/aromatic N) is 2. The van der Waals surface area contributed by atoms with Crippen molar-refractivity contribution in [2.24, 2.45) is 5.92 Å². The topological polar surface area (TPSA) is 50.9 Å². The van der Waals surface area contributed by atoms with E-state index in [4.69, 9.17) is 10.7 Å². The van der Waals surface area contributed by atoms with Crippen LogP contribution in [0.4, 0.5) is 0 Å². The number of hydrogen-bond acceptors (Lipinski definition) is 2. The Balaban J connectivity index is 2.27. The highest BCUT2D eigenvalue weighted by atomic mass is 79.9. The molecule has 1 saturated carbocycles. The first-order valence-corrected chi connectivity index (χ1v) is 6.75. The van der Waals surface area contributed by atoms with Crippen LogP contribution in [-0.4, -0.2) is 24.8 Å². The Morgan fingerprint density at radius 3 is 2.89 bits per heavy atom. The summed E-state index contributed by atoms with van der Waals surface area (Å²) in [5.41, 5.74) is 1.29. The second-order valence-electron chi connectivity index (χ2n) is 5.07. The van der Waals surface area contributed by atoms with Crippen LogP contribution in [0.15, 0.2) is 28.7 Å². The van der Waals surface area contributed by atoms with E-state index >= 15 is 0 Å². The van der Waals surface area contributed by atoms with Gasteiger partial charge in [-0.2, -0.15) is 5.26 Å². The van der Waals surface area contributed by atoms with Gasteiger partial charge in [0.15, 0.2) is 0 Å². The molecule has 94 valence electrons. The molecular weight excluding hydrogens is 290 g/mol. The SMILES string of the molecule is CN(C=N)C[C@]1(c2cccc(Br)c2)C[C@@H](C#N)C1. The quantitative estimate of drug-likeness (QED) is 0.686. The summed E-state index contributed by atoms with van der Waals surface area (Å²) in [6.07, 6.45) is 3.12. The van der Waals surface area contributed by atoms with Crippen LogP contribution in [0, 0.1) is 22.7 Å². The van der Waals surface area contributed by atoms with Crippen LogP contribution in [0.25, 0.3) is 0 Å². The zero-order chi connectivity index (χ0) is 13.2. The Labute approximate surface area is 116 Å². The third kappa shape index (κ3) is 2.41. The van der Waals surface area contributed by atoms with E-state index in [0.717, 1.165) is 23.9 Å². The van der Waals surface area contributed by atoms with Gasteiger partial charge in [-0.3, -0.25) is 5.41 Å². The maximum Gasteiger partial charge on any atom is 0.0814 e. The van der Waals surface area contributed by atoms with E-state index in [0.29, 0.717) is 0 Å². The van der Waals surface area contributed by atoms with Crippen LogP contribution in [0.5, 0.6) is 0 Å². The van der Waals surface area contributed by atoms with Crippen molar-refractivity contribution in [2.75, 3.05) is 13.6 Å². The molecule has 1 N–H and O–H groups in total. The molecule has 0 aliphatic heterocycles. The summed E-state index contributed by atoms with van der Waals surface area (Å²) in [6, 6.07) is 10.6. The number of nitrogens with one attached hydrogen (secondary N) is 1.